The van der Waals surface area contributed by atoms with Gasteiger partial charge in [-0.25, -0.2) is 23.5 Å². The van der Waals surface area contributed by atoms with Crippen LogP contribution in [0.15, 0.2) is 41.3 Å². The van der Waals surface area contributed by atoms with Crippen LogP contribution in [0.4, 0.5) is 15.0 Å². The van der Waals surface area contributed by atoms with Crippen LogP contribution in [0.2, 0.25) is 5.02 Å². The number of ether oxygens (including phenoxy) is 1. The molecule has 4 heterocycles. The number of nitrogens with zero attached hydrogens (tertiary/aromatic N) is 6. The highest BCUT2D eigenvalue weighted by Crippen LogP contribution is 2.37. The molecule has 0 spiro atoms. The van der Waals surface area contributed by atoms with E-state index in [1.165, 1.54) is 16.7 Å². The van der Waals surface area contributed by atoms with Gasteiger partial charge in [0, 0.05) is 43.0 Å². The summed E-state index contributed by atoms with van der Waals surface area (Å²) in [4.78, 5) is 56.6. The van der Waals surface area contributed by atoms with Crippen molar-refractivity contribution in [3.05, 3.63) is 74.7 Å². The van der Waals surface area contributed by atoms with Gasteiger partial charge < -0.3 is 14.5 Å². The highest BCUT2D eigenvalue weighted by Gasteiger charge is 2.33. The van der Waals surface area contributed by atoms with Crippen LogP contribution in [-0.4, -0.2) is 68.1 Å². The fourth-order valence-electron chi connectivity index (χ4n) is 5.60. The lowest BCUT2D eigenvalue weighted by Crippen LogP contribution is -2.55. The minimum Gasteiger partial charge on any atom is -0.444 e. The summed E-state index contributed by atoms with van der Waals surface area (Å²) < 4.78 is 30.0. The Labute approximate surface area is 267 Å². The molecule has 0 bridgehead atoms. The second-order valence-corrected chi connectivity index (χ2v) is 12.9. The minimum atomic E-state index is -1.11. The molecule has 236 valence electrons. The summed E-state index contributed by atoms with van der Waals surface area (Å²) in [7, 11) is 0. The van der Waals surface area contributed by atoms with Crippen LogP contribution >= 0.6 is 11.6 Å². The average Bonchev–Trinajstić information content (AvgIpc) is 2.96. The third-order valence-electron chi connectivity index (χ3n) is 7.64. The summed E-state index contributed by atoms with van der Waals surface area (Å²) in [6.07, 6.45) is 0.123. The van der Waals surface area contributed by atoms with E-state index in [2.05, 4.69) is 9.97 Å². The monoisotopic (exact) mass is 635 g/mol. The molecule has 4 aromatic rings. The minimum absolute atomic E-state index is 0.000356. The lowest BCUT2D eigenvalue weighted by Gasteiger charge is -2.41. The number of piperazine rings is 1. The summed E-state index contributed by atoms with van der Waals surface area (Å²) >= 11 is 6.79. The number of aryl methyl sites for hydroxylation is 1. The quantitative estimate of drug-likeness (QED) is 0.234. The molecule has 3 aromatic heterocycles. The predicted molar refractivity (Wildman–Crippen MR) is 172 cm³/mol. The Morgan fingerprint density at radius 1 is 1.22 bits per heavy atom. The average molecular weight is 636 g/mol. The Bertz CT molecular complexity index is 1930. The molecule has 5 rings (SSSR count). The highest BCUT2D eigenvalue weighted by atomic mass is 35.5. The summed E-state index contributed by atoms with van der Waals surface area (Å²) in [5.74, 6) is -0.572. The van der Waals surface area contributed by atoms with Gasteiger partial charge in [-0.1, -0.05) is 37.6 Å². The maximum Gasteiger partial charge on any atom is 0.410 e. The van der Waals surface area contributed by atoms with Crippen LogP contribution in [0.3, 0.4) is 0 Å². The number of aldehydes is 1. The fraction of sp³-hybridized carbons (Fsp3) is 0.394. The van der Waals surface area contributed by atoms with E-state index in [4.69, 9.17) is 22.7 Å². The van der Waals surface area contributed by atoms with Crippen molar-refractivity contribution < 1.29 is 20.1 Å². The van der Waals surface area contributed by atoms with Crippen LogP contribution in [0.25, 0.3) is 28.0 Å². The summed E-state index contributed by atoms with van der Waals surface area (Å²) in [5, 5.41) is 0.402. The molecule has 0 radical (unpaired) electrons. The van der Waals surface area contributed by atoms with Crippen molar-refractivity contribution in [1.29, 1.82) is 0 Å². The number of rotatable bonds is 5. The predicted octanol–water partition coefficient (Wildman–Crippen LogP) is 6.33. The van der Waals surface area contributed by atoms with Gasteiger partial charge in [-0.05, 0) is 64.3 Å². The van der Waals surface area contributed by atoms with Crippen LogP contribution in [0.1, 0.15) is 70.4 Å². The van der Waals surface area contributed by atoms with Gasteiger partial charge in [-0.15, -0.1) is 0 Å². The molecule has 0 unspecified atom stereocenters. The number of amides is 1. The third kappa shape index (κ3) is 6.13. The maximum atomic E-state index is 15.4. The summed E-state index contributed by atoms with van der Waals surface area (Å²) in [6, 6.07) is 6.86. The molecule has 1 aliphatic heterocycles. The first-order valence-corrected chi connectivity index (χ1v) is 15.1. The van der Waals surface area contributed by atoms with Gasteiger partial charge in [0.05, 0.1) is 27.5 Å². The molecule has 1 saturated heterocycles. The molecular formula is C33H36ClFN6O4. The van der Waals surface area contributed by atoms with Crippen LogP contribution in [0, 0.1) is 12.7 Å². The summed E-state index contributed by atoms with van der Waals surface area (Å²) in [6.45, 7) is 14.0. The van der Waals surface area contributed by atoms with Gasteiger partial charge in [0.1, 0.15) is 18.6 Å². The molecule has 12 heteroatoms. The molecular weight excluding hydrogens is 599 g/mol. The van der Waals surface area contributed by atoms with E-state index in [1.54, 1.807) is 44.0 Å². The van der Waals surface area contributed by atoms with Crippen LogP contribution in [-0.2, 0) is 4.74 Å². The largest absolute Gasteiger partial charge is 0.444 e. The second kappa shape index (κ2) is 12.2. The van der Waals surface area contributed by atoms with Crippen LogP contribution in [0.5, 0.6) is 0 Å². The van der Waals surface area contributed by atoms with Gasteiger partial charge in [0.2, 0.25) is 0 Å². The van der Waals surface area contributed by atoms with Gasteiger partial charge in [-0.3, -0.25) is 9.78 Å². The number of pyridine rings is 2. The first-order chi connectivity index (χ1) is 21.6. The number of hydrogen-bond donors (Lipinski definition) is 0. The first kappa shape index (κ1) is 30.6. The van der Waals surface area contributed by atoms with Crippen molar-refractivity contribution in [2.24, 2.45) is 0 Å². The zero-order valence-corrected chi connectivity index (χ0v) is 27.1. The normalized spacial score (nSPS) is 15.9. The second-order valence-electron chi connectivity index (χ2n) is 12.5. The van der Waals surface area contributed by atoms with Crippen molar-refractivity contribution >= 4 is 40.8 Å². The van der Waals surface area contributed by atoms with Gasteiger partial charge in [0.15, 0.2) is 11.9 Å². The number of aromatic nitrogens is 4. The Morgan fingerprint density at radius 3 is 2.60 bits per heavy atom. The van der Waals surface area contributed by atoms with E-state index < -0.39 is 29.5 Å². The van der Waals surface area contributed by atoms with E-state index in [9.17, 15) is 14.4 Å². The van der Waals surface area contributed by atoms with Crippen molar-refractivity contribution in [3.8, 4) is 16.9 Å². The highest BCUT2D eigenvalue weighted by molar-refractivity contribution is 6.34. The van der Waals surface area contributed by atoms with Crippen molar-refractivity contribution in [3.63, 3.8) is 0 Å². The van der Waals surface area contributed by atoms with E-state index in [1.807, 2.05) is 32.6 Å². The SMILES string of the molecule is [2H]C(=O)c1cccc(F)c1-c1nc2c(cc1Cl)c(N1CCN(C(=O)OC(C)(C)C)C[C@@H]1C)nc(=O)n2-c1c(C)ccnc1C(C)C. The summed E-state index contributed by atoms with van der Waals surface area (Å²) in [5.41, 5.74) is 0.133. The van der Waals surface area contributed by atoms with Gasteiger partial charge in [0.25, 0.3) is 0 Å². The number of carbonyl (C=O) groups excluding carboxylic acids is 2. The maximum absolute atomic E-state index is 15.4. The Kier molecular flexibility index (Phi) is 8.30. The Hall–Kier alpha value is -4.38. The molecule has 0 N–H and O–H groups in total. The van der Waals surface area contributed by atoms with E-state index >= 15 is 4.39 Å². The number of carbonyl (C=O) groups is 2. The van der Waals surface area contributed by atoms with Crippen molar-refractivity contribution in [2.75, 3.05) is 24.5 Å². The first-order valence-electron chi connectivity index (χ1n) is 15.2. The molecule has 1 atom stereocenters. The molecule has 1 aliphatic rings. The fourth-order valence-corrected chi connectivity index (χ4v) is 5.85. The van der Waals surface area contributed by atoms with E-state index in [0.29, 0.717) is 42.2 Å². The number of anilines is 1. The number of halogens is 2. The Morgan fingerprint density at radius 2 is 1.96 bits per heavy atom. The molecule has 0 saturated carbocycles. The Balaban J connectivity index is 1.77. The third-order valence-corrected chi connectivity index (χ3v) is 7.93. The lowest BCUT2D eigenvalue weighted by molar-refractivity contribution is 0.0218. The van der Waals surface area contributed by atoms with Crippen LogP contribution < -0.4 is 10.6 Å². The van der Waals surface area contributed by atoms with E-state index in [0.717, 1.165) is 11.6 Å². The lowest BCUT2D eigenvalue weighted by atomic mass is 10.0. The van der Waals surface area contributed by atoms with E-state index in [-0.39, 0.29) is 39.5 Å². The smallest absolute Gasteiger partial charge is 0.410 e. The molecule has 1 amide bonds. The van der Waals surface area contributed by atoms with Gasteiger partial charge in [-0.2, -0.15) is 4.98 Å². The number of fused-ring (bicyclic) bond motifs is 1. The van der Waals surface area contributed by atoms with Gasteiger partial charge >= 0.3 is 11.8 Å². The molecule has 1 fully saturated rings. The van der Waals surface area contributed by atoms with Crippen molar-refractivity contribution in [1.82, 2.24) is 24.4 Å². The zero-order valence-electron chi connectivity index (χ0n) is 27.3. The molecule has 10 nitrogen and oxygen atoms in total. The zero-order chi connectivity index (χ0) is 33.7. The number of hydrogen-bond acceptors (Lipinski definition) is 8. The molecule has 1 aromatic carbocycles. The molecule has 0 aliphatic carbocycles. The molecule has 45 heavy (non-hydrogen) atoms. The number of benzene rings is 1. The standard InChI is InChI=1S/C33H36ClFN6O4/c1-18(2)26-28(19(3)11-12-36-26)41-30-22(15-23(34)27(37-30)25-21(17-42)9-8-10-24(25)35)29(38-31(41)43)40-14-13-39(16-20(40)4)32(44)45-33(5,6)7/h8-12,15,17-18,20H,13-14,16H2,1-7H3/t20-/m0/s1/i17D. The topological polar surface area (TPSA) is 111 Å². The van der Waals surface area contributed by atoms with Crippen molar-refractivity contribution in [2.45, 2.75) is 66.0 Å².